The van der Waals surface area contributed by atoms with Crippen molar-refractivity contribution in [1.82, 2.24) is 62.5 Å². The molecule has 3 heterocycles. The first kappa shape index (κ1) is 66.6. The monoisotopic (exact) mass is 1200 g/mol. The molecule has 0 radical (unpaired) electrons. The molecule has 0 unspecified atom stereocenters. The number of benzene rings is 3. The zero-order valence-corrected chi connectivity index (χ0v) is 50.2. The van der Waals surface area contributed by atoms with Gasteiger partial charge in [-0.15, -0.1) is 0 Å². The number of rotatable bonds is 32. The van der Waals surface area contributed by atoms with Crippen LogP contribution in [-0.4, -0.2) is 133 Å². The number of hydrogen-bond acceptors (Lipinski definition) is 12. The summed E-state index contributed by atoms with van der Waals surface area (Å²) < 4.78 is 5.38. The molecule has 10 amide bonds. The summed E-state index contributed by atoms with van der Waals surface area (Å²) in [5.41, 5.74) is 13.9. The number of carbonyl (C=O) groups is 10. The number of ether oxygens (including phenoxy) is 1. The number of imidazole rings is 1. The molecule has 0 saturated heterocycles. The number of nitrogens with two attached hydrogens (primary N) is 2. The average molecular weight is 1200 g/mol. The molecule has 0 bridgehead atoms. The second-order valence-electron chi connectivity index (χ2n) is 23.1. The third-order valence-corrected chi connectivity index (χ3v) is 14.3. The summed E-state index contributed by atoms with van der Waals surface area (Å²) in [6, 6.07) is 12.9. The molecule has 0 aliphatic rings. The van der Waals surface area contributed by atoms with Gasteiger partial charge in [-0.2, -0.15) is 0 Å². The second kappa shape index (κ2) is 31.5. The summed E-state index contributed by atoms with van der Waals surface area (Å²) in [6.45, 7) is 11.9. The number of aromatic nitrogens is 4. The van der Waals surface area contributed by atoms with E-state index >= 15 is 4.79 Å². The Kier molecular flexibility index (Phi) is 24.1. The Morgan fingerprint density at radius 2 is 1.00 bits per heavy atom. The van der Waals surface area contributed by atoms with E-state index in [9.17, 15) is 43.2 Å². The minimum absolute atomic E-state index is 0.0954. The Morgan fingerprint density at radius 3 is 1.51 bits per heavy atom. The van der Waals surface area contributed by atoms with Crippen LogP contribution >= 0.6 is 0 Å². The number of H-pyrrole nitrogens is 3. The van der Waals surface area contributed by atoms with Crippen molar-refractivity contribution in [3.63, 3.8) is 0 Å². The van der Waals surface area contributed by atoms with Gasteiger partial charge in [0.25, 0.3) is 0 Å². The van der Waals surface area contributed by atoms with Gasteiger partial charge in [-0.05, 0) is 81.7 Å². The lowest BCUT2D eigenvalue weighted by Crippen LogP contribution is -2.61. The summed E-state index contributed by atoms with van der Waals surface area (Å²) in [6.07, 6.45) is 6.07. The SMILES string of the molecule is CCCC[C@H](NC(=O)[C@H](CC(C)C)NC(=O)[C@@H](Cc1cnc[nH]1)NC(=O)[C@H](Cc1ccccc1)NC(=O)[C@@H](Cc1c[nH]c2ccccc12)NC(=O)[C@H](C)NC(=O)[C@H](Cc1c[nH]c2ccccc12)NC(=O)[C@@H](CCC(N)=O)NC(=O)OC(C)(C)C)C(N)=O. The van der Waals surface area contributed by atoms with Gasteiger partial charge < -0.3 is 73.7 Å². The maximum atomic E-state index is 15.0. The number of hydrogen-bond donors (Lipinski definition) is 13. The van der Waals surface area contributed by atoms with E-state index in [-0.39, 0.29) is 50.9 Å². The standard InChI is InChI=1S/C62H82N14O11/c1-8-9-21-45(53(64)78)70-57(82)47(26-35(2)3)72-60(85)51(30-40-33-65-34-68-40)75-58(83)48(27-37-17-11-10-12-18-37)73-59(84)50(29-39-32-67-44-23-16-14-20-42(39)44)71-54(79)36(4)69-56(81)49(28-38-31-66-43-22-15-13-19-41(38)43)74-55(80)46(24-25-52(63)77)76-61(86)87-62(5,6)7/h10-20,22-23,31-36,45-51,66-67H,8-9,21,24-30H2,1-7H3,(H2,63,77)(H2,64,78)(H,65,68)(H,69,81)(H,70,82)(H,71,79)(H,72,85)(H,73,84)(H,74,80)(H,75,83)(H,76,86)/t36-,45-,46+,47-,48-,49-,50+,51+/m0/s1. The molecule has 466 valence electrons. The van der Waals surface area contributed by atoms with Crippen LogP contribution in [0.4, 0.5) is 4.79 Å². The highest BCUT2D eigenvalue weighted by atomic mass is 16.6. The smallest absolute Gasteiger partial charge is 0.408 e. The predicted octanol–water partition coefficient (Wildman–Crippen LogP) is 2.94. The van der Waals surface area contributed by atoms with E-state index < -0.39 is 113 Å². The molecule has 0 fully saturated rings. The quantitative estimate of drug-likeness (QED) is 0.0290. The normalized spacial score (nSPS) is 14.2. The lowest BCUT2D eigenvalue weighted by Gasteiger charge is -2.28. The minimum atomic E-state index is -1.42. The molecule has 8 atom stereocenters. The van der Waals surface area contributed by atoms with Crippen molar-refractivity contribution in [2.75, 3.05) is 0 Å². The maximum absolute atomic E-state index is 15.0. The van der Waals surface area contributed by atoms with Gasteiger partial charge in [-0.1, -0.05) is 100 Å². The zero-order valence-electron chi connectivity index (χ0n) is 50.2. The summed E-state index contributed by atoms with van der Waals surface area (Å²) in [4.78, 5) is 152. The van der Waals surface area contributed by atoms with E-state index in [1.54, 1.807) is 69.6 Å². The number of amides is 10. The molecule has 0 saturated carbocycles. The summed E-state index contributed by atoms with van der Waals surface area (Å²) in [5, 5.41) is 23.2. The van der Waals surface area contributed by atoms with Crippen LogP contribution in [0.25, 0.3) is 21.8 Å². The molecule has 3 aromatic heterocycles. The van der Waals surface area contributed by atoms with Gasteiger partial charge >= 0.3 is 6.09 Å². The molecule has 25 nitrogen and oxygen atoms in total. The fourth-order valence-electron chi connectivity index (χ4n) is 9.78. The second-order valence-corrected chi connectivity index (χ2v) is 23.1. The molecule has 6 rings (SSSR count). The van der Waals surface area contributed by atoms with Crippen molar-refractivity contribution in [2.24, 2.45) is 17.4 Å². The number of aromatic amines is 3. The largest absolute Gasteiger partial charge is 0.444 e. The van der Waals surface area contributed by atoms with Crippen LogP contribution in [0.2, 0.25) is 0 Å². The zero-order chi connectivity index (χ0) is 63.4. The van der Waals surface area contributed by atoms with Gasteiger partial charge in [0.15, 0.2) is 0 Å². The Morgan fingerprint density at radius 1 is 0.529 bits per heavy atom. The van der Waals surface area contributed by atoms with E-state index in [1.807, 2.05) is 63.2 Å². The fourth-order valence-corrected chi connectivity index (χ4v) is 9.78. The fraction of sp³-hybridized carbons (Fsp3) is 0.435. The Hall–Kier alpha value is -9.55. The van der Waals surface area contributed by atoms with Crippen LogP contribution in [0, 0.1) is 5.92 Å². The van der Waals surface area contributed by atoms with Gasteiger partial charge in [-0.3, -0.25) is 43.2 Å². The highest BCUT2D eigenvalue weighted by Gasteiger charge is 2.36. The molecule has 25 heteroatoms. The van der Waals surface area contributed by atoms with Crippen LogP contribution in [0.3, 0.4) is 0 Å². The maximum Gasteiger partial charge on any atom is 0.408 e. The number of nitrogens with one attached hydrogen (secondary N) is 11. The molecular formula is C62H82N14O11. The van der Waals surface area contributed by atoms with Gasteiger partial charge in [0.1, 0.15) is 53.9 Å². The highest BCUT2D eigenvalue weighted by Crippen LogP contribution is 2.22. The van der Waals surface area contributed by atoms with E-state index in [0.29, 0.717) is 35.2 Å². The van der Waals surface area contributed by atoms with Crippen molar-refractivity contribution in [1.29, 1.82) is 0 Å². The molecule has 0 aliphatic heterocycles. The number of alkyl carbamates (subject to hydrolysis) is 1. The first-order valence-corrected chi connectivity index (χ1v) is 29.2. The summed E-state index contributed by atoms with van der Waals surface area (Å²) >= 11 is 0. The van der Waals surface area contributed by atoms with E-state index in [1.165, 1.54) is 19.4 Å². The first-order valence-electron chi connectivity index (χ1n) is 29.2. The predicted molar refractivity (Wildman–Crippen MR) is 325 cm³/mol. The van der Waals surface area contributed by atoms with Gasteiger partial charge in [0, 0.05) is 78.2 Å². The summed E-state index contributed by atoms with van der Waals surface area (Å²) in [5.74, 6) is -7.10. The molecule has 0 aliphatic carbocycles. The number of nitrogens with zero attached hydrogens (tertiary/aromatic N) is 1. The molecule has 87 heavy (non-hydrogen) atoms. The van der Waals surface area contributed by atoms with Crippen molar-refractivity contribution >= 4 is 81.1 Å². The van der Waals surface area contributed by atoms with Crippen molar-refractivity contribution in [3.05, 3.63) is 126 Å². The summed E-state index contributed by atoms with van der Waals surface area (Å²) in [7, 11) is 0. The highest BCUT2D eigenvalue weighted by molar-refractivity contribution is 5.99. The van der Waals surface area contributed by atoms with Crippen LogP contribution in [0.5, 0.6) is 0 Å². The number of primary amides is 2. The third kappa shape index (κ3) is 20.6. The van der Waals surface area contributed by atoms with Crippen LogP contribution in [0.15, 0.2) is 104 Å². The van der Waals surface area contributed by atoms with Gasteiger partial charge in [-0.25, -0.2) is 9.78 Å². The Labute approximate surface area is 504 Å². The minimum Gasteiger partial charge on any atom is -0.444 e. The molecule has 6 aromatic rings. The lowest BCUT2D eigenvalue weighted by atomic mass is 10.00. The number of carbonyl (C=O) groups excluding carboxylic acids is 10. The van der Waals surface area contributed by atoms with Crippen molar-refractivity contribution in [2.45, 2.75) is 167 Å². The topological polar surface area (TPSA) is 388 Å². The van der Waals surface area contributed by atoms with Crippen LogP contribution in [-0.2, 0) is 73.6 Å². The number of unbranched alkanes of at least 4 members (excludes halogenated alkanes) is 1. The molecule has 0 spiro atoms. The van der Waals surface area contributed by atoms with Crippen LogP contribution in [0.1, 0.15) is 109 Å². The van der Waals surface area contributed by atoms with Crippen molar-refractivity contribution in [3.8, 4) is 0 Å². The van der Waals surface area contributed by atoms with Gasteiger partial charge in [0.2, 0.25) is 53.2 Å². The number of para-hydroxylation sites is 2. The Balaban J connectivity index is 1.28. The number of fused-ring (bicyclic) bond motifs is 2. The Bertz CT molecular complexity index is 3340. The van der Waals surface area contributed by atoms with E-state index in [4.69, 9.17) is 16.2 Å². The van der Waals surface area contributed by atoms with Crippen LogP contribution < -0.4 is 54.0 Å². The first-order chi connectivity index (χ1) is 41.4. The van der Waals surface area contributed by atoms with E-state index in [0.717, 1.165) is 28.2 Å². The average Bonchev–Trinajstić information content (AvgIpc) is 3.63. The molecule has 15 N–H and O–H groups in total. The van der Waals surface area contributed by atoms with Gasteiger partial charge in [0.05, 0.1) is 6.33 Å². The van der Waals surface area contributed by atoms with E-state index in [2.05, 4.69) is 62.5 Å². The lowest BCUT2D eigenvalue weighted by molar-refractivity contribution is -0.135. The third-order valence-electron chi connectivity index (χ3n) is 14.3. The van der Waals surface area contributed by atoms with Crippen molar-refractivity contribution < 1.29 is 52.7 Å². The molecular weight excluding hydrogens is 1120 g/mol. The molecule has 3 aromatic carbocycles.